The van der Waals surface area contributed by atoms with E-state index in [1.807, 2.05) is 30.6 Å². The molecule has 4 N–H and O–H groups in total. The van der Waals surface area contributed by atoms with Crippen LogP contribution in [0.3, 0.4) is 0 Å². The van der Waals surface area contributed by atoms with Gasteiger partial charge in [-0.05, 0) is 63.2 Å². The van der Waals surface area contributed by atoms with Gasteiger partial charge in [0.2, 0.25) is 17.7 Å². The van der Waals surface area contributed by atoms with E-state index in [1.54, 1.807) is 11.3 Å². The summed E-state index contributed by atoms with van der Waals surface area (Å²) in [7, 11) is 0. The van der Waals surface area contributed by atoms with Crippen molar-refractivity contribution in [2.45, 2.75) is 76.8 Å². The molecule has 2 aromatic rings. The van der Waals surface area contributed by atoms with Crippen molar-refractivity contribution in [1.82, 2.24) is 25.8 Å². The fraction of sp³-hybridized carbons (Fsp3) is 0.571. The molecule has 3 atom stereocenters. The molecular weight excluding hydrogens is 518 g/mol. The number of aryl methyl sites for hydroxylation is 1. The summed E-state index contributed by atoms with van der Waals surface area (Å²) in [5.41, 5.74) is 4.66. The van der Waals surface area contributed by atoms with Crippen molar-refractivity contribution in [3.8, 4) is 16.2 Å². The van der Waals surface area contributed by atoms with Crippen LogP contribution in [-0.4, -0.2) is 76.6 Å². The van der Waals surface area contributed by atoms with E-state index in [2.05, 4.69) is 20.9 Å². The third-order valence-electron chi connectivity index (χ3n) is 7.69. The van der Waals surface area contributed by atoms with Crippen LogP contribution in [0.5, 0.6) is 5.75 Å². The van der Waals surface area contributed by atoms with Crippen molar-refractivity contribution < 1.29 is 24.2 Å². The molecule has 1 saturated carbocycles. The van der Waals surface area contributed by atoms with Gasteiger partial charge in [-0.15, -0.1) is 11.3 Å². The number of rotatable bonds is 9. The molecule has 1 aromatic heterocycles. The van der Waals surface area contributed by atoms with Crippen LogP contribution in [0.4, 0.5) is 0 Å². The lowest BCUT2D eigenvalue weighted by molar-refractivity contribution is -0.141. The monoisotopic (exact) mass is 555 g/mol. The Labute approximate surface area is 232 Å². The fourth-order valence-electron chi connectivity index (χ4n) is 5.44. The van der Waals surface area contributed by atoms with Gasteiger partial charge in [-0.1, -0.05) is 12.1 Å². The smallest absolute Gasteiger partial charge is 0.246 e. The molecule has 2 saturated heterocycles. The second-order valence-electron chi connectivity index (χ2n) is 10.8. The highest BCUT2D eigenvalue weighted by molar-refractivity contribution is 7.13. The molecule has 2 aliphatic heterocycles. The molecule has 39 heavy (non-hydrogen) atoms. The average molecular weight is 556 g/mol. The lowest BCUT2D eigenvalue weighted by Gasteiger charge is -2.28. The zero-order valence-corrected chi connectivity index (χ0v) is 23.3. The summed E-state index contributed by atoms with van der Waals surface area (Å²) < 4.78 is 6.45. The molecule has 3 aliphatic rings. The van der Waals surface area contributed by atoms with Gasteiger partial charge in [0.25, 0.3) is 0 Å². The number of nitrogens with one attached hydrogen (secondary N) is 3. The van der Waals surface area contributed by atoms with Crippen molar-refractivity contribution in [2.75, 3.05) is 19.6 Å². The molecule has 0 spiro atoms. The summed E-state index contributed by atoms with van der Waals surface area (Å²) in [4.78, 5) is 45.3. The van der Waals surface area contributed by atoms with Crippen LogP contribution in [-0.2, 0) is 20.9 Å². The van der Waals surface area contributed by atoms with Crippen molar-refractivity contribution in [2.24, 2.45) is 5.92 Å². The van der Waals surface area contributed by atoms with E-state index in [1.165, 1.54) is 11.8 Å². The Morgan fingerprint density at radius 3 is 2.67 bits per heavy atom. The number of hydrogen-bond donors (Lipinski definition) is 4. The van der Waals surface area contributed by atoms with Crippen LogP contribution in [0, 0.1) is 12.8 Å². The number of benzene rings is 1. The van der Waals surface area contributed by atoms with Crippen LogP contribution in [0.2, 0.25) is 0 Å². The van der Waals surface area contributed by atoms with E-state index < -0.39 is 18.2 Å². The maximum absolute atomic E-state index is 13.3. The number of carbonyl (C=O) groups is 3. The first-order valence-corrected chi connectivity index (χ1v) is 14.6. The first-order valence-electron chi connectivity index (χ1n) is 13.7. The third-order valence-corrected chi connectivity index (χ3v) is 8.67. The van der Waals surface area contributed by atoms with Crippen molar-refractivity contribution in [3.05, 3.63) is 35.0 Å². The average Bonchev–Trinajstić information content (AvgIpc) is 3.55. The maximum Gasteiger partial charge on any atom is 0.246 e. The molecule has 10 nitrogen and oxygen atoms in total. The Morgan fingerprint density at radius 2 is 2.00 bits per heavy atom. The van der Waals surface area contributed by atoms with E-state index in [0.717, 1.165) is 66.2 Å². The van der Waals surface area contributed by atoms with E-state index in [9.17, 15) is 19.5 Å². The number of nitrogens with zero attached hydrogens (tertiary/aromatic N) is 2. The number of amides is 3. The number of aromatic nitrogens is 1. The summed E-state index contributed by atoms with van der Waals surface area (Å²) in [5.74, 6) is -0.0973. The first-order chi connectivity index (χ1) is 18.8. The molecule has 0 unspecified atom stereocenters. The molecule has 3 fully saturated rings. The molecule has 1 aromatic carbocycles. The van der Waals surface area contributed by atoms with Crippen molar-refractivity contribution in [1.29, 1.82) is 0 Å². The lowest BCUT2D eigenvalue weighted by Crippen LogP contribution is -2.54. The van der Waals surface area contributed by atoms with Crippen LogP contribution in [0.15, 0.2) is 23.7 Å². The third kappa shape index (κ3) is 6.59. The number of carbonyl (C=O) groups excluding carboxylic acids is 3. The van der Waals surface area contributed by atoms with Gasteiger partial charge in [-0.25, -0.2) is 4.98 Å². The predicted octanol–water partition coefficient (Wildman–Crippen LogP) is 1.74. The van der Waals surface area contributed by atoms with Gasteiger partial charge >= 0.3 is 0 Å². The highest BCUT2D eigenvalue weighted by Gasteiger charge is 2.45. The quantitative estimate of drug-likeness (QED) is 0.371. The summed E-state index contributed by atoms with van der Waals surface area (Å²) in [5, 5.41) is 19.4. The number of hydrogen-bond acceptors (Lipinski definition) is 8. The summed E-state index contributed by atoms with van der Waals surface area (Å²) in [6.45, 7) is 5.48. The van der Waals surface area contributed by atoms with Crippen molar-refractivity contribution >= 4 is 29.1 Å². The molecule has 210 valence electrons. The Balaban J connectivity index is 1.31. The van der Waals surface area contributed by atoms with E-state index in [0.29, 0.717) is 0 Å². The Kier molecular flexibility index (Phi) is 8.49. The second kappa shape index (κ2) is 12.0. The zero-order valence-electron chi connectivity index (χ0n) is 22.4. The van der Waals surface area contributed by atoms with E-state index in [4.69, 9.17) is 4.74 Å². The molecule has 5 rings (SSSR count). The van der Waals surface area contributed by atoms with Crippen LogP contribution in [0.25, 0.3) is 10.4 Å². The van der Waals surface area contributed by atoms with Crippen molar-refractivity contribution in [3.63, 3.8) is 0 Å². The zero-order chi connectivity index (χ0) is 27.5. The summed E-state index contributed by atoms with van der Waals surface area (Å²) in [6.07, 6.45) is 3.00. The van der Waals surface area contributed by atoms with Crippen LogP contribution >= 0.6 is 11.3 Å². The normalized spacial score (nSPS) is 22.4. The number of aliphatic hydroxyl groups is 1. The van der Waals surface area contributed by atoms with Gasteiger partial charge < -0.3 is 30.7 Å². The van der Waals surface area contributed by atoms with Crippen LogP contribution in [0.1, 0.15) is 50.3 Å². The Hall–Kier alpha value is -3.02. The lowest BCUT2D eigenvalue weighted by atomic mass is 10.1. The minimum absolute atomic E-state index is 0.0761. The molecule has 3 amide bonds. The molecule has 1 aliphatic carbocycles. The SMILES string of the molecule is CC(=O)N[C@H](C(=O)N1C[C@H](O)C[C@H]1C(=O)NCc1ccc(-c2scnc2C)cc1OC1CCNCC1)C1CC1. The molecule has 0 radical (unpaired) electrons. The Bertz CT molecular complexity index is 1210. The first kappa shape index (κ1) is 27.5. The highest BCUT2D eigenvalue weighted by Crippen LogP contribution is 2.35. The summed E-state index contributed by atoms with van der Waals surface area (Å²) >= 11 is 1.58. The minimum Gasteiger partial charge on any atom is -0.490 e. The number of thiazole rings is 1. The minimum atomic E-state index is -0.796. The molecule has 0 bridgehead atoms. The molecular formula is C28H37N5O5S. The molecule has 11 heteroatoms. The van der Waals surface area contributed by atoms with Gasteiger partial charge in [0.15, 0.2) is 0 Å². The van der Waals surface area contributed by atoms with Gasteiger partial charge in [-0.3, -0.25) is 14.4 Å². The Morgan fingerprint density at radius 1 is 1.23 bits per heavy atom. The summed E-state index contributed by atoms with van der Waals surface area (Å²) in [6, 6.07) is 4.55. The highest BCUT2D eigenvalue weighted by atomic mass is 32.1. The van der Waals surface area contributed by atoms with E-state index in [-0.39, 0.29) is 49.3 Å². The van der Waals surface area contributed by atoms with Crippen LogP contribution < -0.4 is 20.7 Å². The number of β-amino-alcohol motifs (C(OH)–C–C–N with tert-alkyl or cyclic N) is 1. The van der Waals surface area contributed by atoms with Gasteiger partial charge in [0, 0.05) is 32.0 Å². The van der Waals surface area contributed by atoms with Gasteiger partial charge in [0.1, 0.15) is 23.9 Å². The van der Waals surface area contributed by atoms with Gasteiger partial charge in [0.05, 0.1) is 22.2 Å². The number of aliphatic hydroxyl groups excluding tert-OH is 1. The molecule has 3 heterocycles. The second-order valence-corrected chi connectivity index (χ2v) is 11.6. The largest absolute Gasteiger partial charge is 0.490 e. The predicted molar refractivity (Wildman–Crippen MR) is 147 cm³/mol. The van der Waals surface area contributed by atoms with Gasteiger partial charge in [-0.2, -0.15) is 0 Å². The van der Waals surface area contributed by atoms with E-state index >= 15 is 0 Å². The standard InChI is InChI=1S/C28H37N5O5S/c1-16-26(39-15-31-16)19-5-6-20(24(11-19)38-22-7-9-29-10-8-22)13-30-27(36)23-12-21(35)14-33(23)28(37)25(18-3-4-18)32-17(2)34/h5-6,11,15,18,21-23,25,29,35H,3-4,7-10,12-14H2,1-2H3,(H,30,36)(H,32,34)/t21-,23+,25+/m1/s1. The number of piperidine rings is 1. The fourth-order valence-corrected chi connectivity index (χ4v) is 6.24. The number of likely N-dealkylation sites (tertiary alicyclic amines) is 1. The maximum atomic E-state index is 13.3. The topological polar surface area (TPSA) is 133 Å². The number of ether oxygens (including phenoxy) is 1.